The van der Waals surface area contributed by atoms with Crippen molar-refractivity contribution in [1.29, 1.82) is 0 Å². The van der Waals surface area contributed by atoms with E-state index in [1.54, 1.807) is 38.1 Å². The number of methoxy groups -OCH3 is 1. The molecule has 2 atom stereocenters. The summed E-state index contributed by atoms with van der Waals surface area (Å²) in [5.74, 6) is 0.148. The standard InChI is InChI=1S/C18H21F3N4O2/c1-10(2)23-17(26)13-9-22-25-15(18(19,20)21)8-14(24-16(13)25)11-5-4-6-12(7-11)27-3/h4-7,9-10,14-15,24H,8H2,1-3H3,(H,23,26). The summed E-state index contributed by atoms with van der Waals surface area (Å²) >= 11 is 0. The maximum atomic E-state index is 13.7. The van der Waals surface area contributed by atoms with Crippen molar-refractivity contribution in [2.45, 2.75) is 44.6 Å². The number of alkyl halides is 3. The molecule has 1 aromatic carbocycles. The lowest BCUT2D eigenvalue weighted by Crippen LogP contribution is -2.37. The largest absolute Gasteiger partial charge is 0.497 e. The molecule has 6 nitrogen and oxygen atoms in total. The summed E-state index contributed by atoms with van der Waals surface area (Å²) in [6.45, 7) is 3.55. The van der Waals surface area contributed by atoms with Crippen LogP contribution in [0.3, 0.4) is 0 Å². The van der Waals surface area contributed by atoms with E-state index in [4.69, 9.17) is 4.74 Å². The second-order valence-corrected chi connectivity index (χ2v) is 6.75. The van der Waals surface area contributed by atoms with Crippen LogP contribution in [0.25, 0.3) is 0 Å². The zero-order valence-electron chi connectivity index (χ0n) is 15.2. The van der Waals surface area contributed by atoms with Gasteiger partial charge in [0, 0.05) is 12.5 Å². The minimum absolute atomic E-state index is 0.0644. The lowest BCUT2D eigenvalue weighted by Gasteiger charge is -2.34. The van der Waals surface area contributed by atoms with E-state index >= 15 is 0 Å². The monoisotopic (exact) mass is 382 g/mol. The highest BCUT2D eigenvalue weighted by Gasteiger charge is 2.47. The fourth-order valence-electron chi connectivity index (χ4n) is 3.15. The molecule has 0 saturated carbocycles. The molecule has 2 N–H and O–H groups in total. The molecule has 2 unspecified atom stereocenters. The average Bonchev–Trinajstić information content (AvgIpc) is 3.03. The number of hydrogen-bond acceptors (Lipinski definition) is 4. The Balaban J connectivity index is 2.02. The smallest absolute Gasteiger partial charge is 0.410 e. The number of benzene rings is 1. The second-order valence-electron chi connectivity index (χ2n) is 6.75. The summed E-state index contributed by atoms with van der Waals surface area (Å²) < 4.78 is 47.0. The molecular weight excluding hydrogens is 361 g/mol. The molecule has 3 rings (SSSR count). The van der Waals surface area contributed by atoms with Crippen molar-refractivity contribution in [3.05, 3.63) is 41.6 Å². The number of anilines is 1. The van der Waals surface area contributed by atoms with Crippen molar-refractivity contribution >= 4 is 11.7 Å². The first kappa shape index (κ1) is 19.1. The van der Waals surface area contributed by atoms with Gasteiger partial charge in [-0.2, -0.15) is 18.3 Å². The first-order chi connectivity index (χ1) is 12.7. The van der Waals surface area contributed by atoms with E-state index in [9.17, 15) is 18.0 Å². The highest BCUT2D eigenvalue weighted by Crippen LogP contribution is 2.44. The predicted molar refractivity (Wildman–Crippen MR) is 93.9 cm³/mol. The van der Waals surface area contributed by atoms with E-state index in [1.165, 1.54) is 13.3 Å². The first-order valence-corrected chi connectivity index (χ1v) is 8.56. The van der Waals surface area contributed by atoms with E-state index in [1.807, 2.05) is 0 Å². The summed E-state index contributed by atoms with van der Waals surface area (Å²) in [6.07, 6.45) is -3.56. The number of nitrogens with zero attached hydrogens (tertiary/aromatic N) is 2. The Labute approximate surface area is 154 Å². The van der Waals surface area contributed by atoms with Crippen molar-refractivity contribution in [2.24, 2.45) is 0 Å². The molecular formula is C18H21F3N4O2. The Morgan fingerprint density at radius 2 is 2.15 bits per heavy atom. The highest BCUT2D eigenvalue weighted by atomic mass is 19.4. The van der Waals surface area contributed by atoms with E-state index in [-0.39, 0.29) is 23.8 Å². The fourth-order valence-corrected chi connectivity index (χ4v) is 3.15. The fraction of sp³-hybridized carbons (Fsp3) is 0.444. The number of aromatic nitrogens is 2. The molecule has 0 saturated heterocycles. The SMILES string of the molecule is COc1cccc(C2CC(C(F)(F)F)n3ncc(C(=O)NC(C)C)c3N2)c1. The Morgan fingerprint density at radius 1 is 1.41 bits per heavy atom. The van der Waals surface area contributed by atoms with Crippen molar-refractivity contribution in [3.8, 4) is 5.75 Å². The van der Waals surface area contributed by atoms with Gasteiger partial charge in [0.15, 0.2) is 6.04 Å². The van der Waals surface area contributed by atoms with Crippen LogP contribution in [0.15, 0.2) is 30.5 Å². The van der Waals surface area contributed by atoms with Crippen LogP contribution in [-0.4, -0.2) is 35.0 Å². The van der Waals surface area contributed by atoms with Crippen LogP contribution in [0.5, 0.6) is 5.75 Å². The normalized spacial score (nSPS) is 19.4. The van der Waals surface area contributed by atoms with E-state index < -0.39 is 24.2 Å². The zero-order valence-corrected chi connectivity index (χ0v) is 15.2. The molecule has 2 heterocycles. The van der Waals surface area contributed by atoms with Crippen LogP contribution in [0.1, 0.15) is 48.3 Å². The molecule has 1 amide bonds. The highest BCUT2D eigenvalue weighted by molar-refractivity contribution is 5.99. The number of carbonyl (C=O) groups excluding carboxylic acids is 1. The lowest BCUT2D eigenvalue weighted by atomic mass is 9.96. The third-order valence-corrected chi connectivity index (χ3v) is 4.40. The quantitative estimate of drug-likeness (QED) is 0.846. The molecule has 1 aliphatic heterocycles. The van der Waals surface area contributed by atoms with E-state index in [2.05, 4.69) is 15.7 Å². The molecule has 146 valence electrons. The van der Waals surface area contributed by atoms with Gasteiger partial charge in [-0.15, -0.1) is 0 Å². The topological polar surface area (TPSA) is 68.2 Å². The van der Waals surface area contributed by atoms with Gasteiger partial charge in [0.25, 0.3) is 5.91 Å². The molecule has 1 aliphatic rings. The van der Waals surface area contributed by atoms with Gasteiger partial charge in [-0.3, -0.25) is 4.79 Å². The minimum Gasteiger partial charge on any atom is -0.497 e. The lowest BCUT2D eigenvalue weighted by molar-refractivity contribution is -0.173. The average molecular weight is 382 g/mol. The van der Waals surface area contributed by atoms with Gasteiger partial charge in [-0.05, 0) is 31.5 Å². The summed E-state index contributed by atoms with van der Waals surface area (Å²) in [4.78, 5) is 12.4. The van der Waals surface area contributed by atoms with Crippen molar-refractivity contribution in [2.75, 3.05) is 12.4 Å². The van der Waals surface area contributed by atoms with Crippen molar-refractivity contribution < 1.29 is 22.7 Å². The summed E-state index contributed by atoms with van der Waals surface area (Å²) in [7, 11) is 1.50. The number of rotatable bonds is 4. The van der Waals surface area contributed by atoms with Gasteiger partial charge in [0.1, 0.15) is 17.1 Å². The van der Waals surface area contributed by atoms with Crippen molar-refractivity contribution in [1.82, 2.24) is 15.1 Å². The molecule has 0 bridgehead atoms. The Hall–Kier alpha value is -2.71. The van der Waals surface area contributed by atoms with Gasteiger partial charge in [-0.1, -0.05) is 12.1 Å². The number of halogens is 3. The van der Waals surface area contributed by atoms with Gasteiger partial charge in [0.05, 0.1) is 19.3 Å². The van der Waals surface area contributed by atoms with Crippen LogP contribution >= 0.6 is 0 Å². The van der Waals surface area contributed by atoms with Crippen LogP contribution in [-0.2, 0) is 0 Å². The molecule has 27 heavy (non-hydrogen) atoms. The third kappa shape index (κ3) is 3.86. The van der Waals surface area contributed by atoms with Crippen LogP contribution in [0, 0.1) is 0 Å². The van der Waals surface area contributed by atoms with Crippen LogP contribution in [0.2, 0.25) is 0 Å². The zero-order chi connectivity index (χ0) is 19.8. The number of hydrogen-bond donors (Lipinski definition) is 2. The van der Waals surface area contributed by atoms with Crippen molar-refractivity contribution in [3.63, 3.8) is 0 Å². The minimum atomic E-state index is -4.49. The number of ether oxygens (including phenoxy) is 1. The molecule has 0 fully saturated rings. The second kappa shape index (κ2) is 7.13. The summed E-state index contributed by atoms with van der Waals surface area (Å²) in [5, 5.41) is 9.59. The molecule has 0 aliphatic carbocycles. The maximum absolute atomic E-state index is 13.7. The first-order valence-electron chi connectivity index (χ1n) is 8.56. The molecule has 0 radical (unpaired) electrons. The number of nitrogens with one attached hydrogen (secondary N) is 2. The van der Waals surface area contributed by atoms with E-state index in [0.717, 1.165) is 4.68 Å². The van der Waals surface area contributed by atoms with Gasteiger partial charge in [-0.25, -0.2) is 4.68 Å². The van der Waals surface area contributed by atoms with Gasteiger partial charge < -0.3 is 15.4 Å². The summed E-state index contributed by atoms with van der Waals surface area (Å²) in [6, 6.07) is 4.24. The van der Waals surface area contributed by atoms with Crippen LogP contribution < -0.4 is 15.4 Å². The van der Waals surface area contributed by atoms with E-state index in [0.29, 0.717) is 11.3 Å². The Morgan fingerprint density at radius 3 is 2.78 bits per heavy atom. The van der Waals surface area contributed by atoms with Gasteiger partial charge in [0.2, 0.25) is 0 Å². The number of carbonyl (C=O) groups is 1. The predicted octanol–water partition coefficient (Wildman–Crippen LogP) is 3.69. The Kier molecular flexibility index (Phi) is 5.03. The number of fused-ring (bicyclic) bond motifs is 1. The number of amides is 1. The Bertz CT molecular complexity index is 832. The van der Waals surface area contributed by atoms with Crippen LogP contribution in [0.4, 0.5) is 19.0 Å². The molecule has 9 heteroatoms. The molecule has 2 aromatic rings. The van der Waals surface area contributed by atoms with Gasteiger partial charge >= 0.3 is 6.18 Å². The molecule has 0 spiro atoms. The maximum Gasteiger partial charge on any atom is 0.410 e. The third-order valence-electron chi connectivity index (χ3n) is 4.40. The molecule has 1 aromatic heterocycles. The summed E-state index contributed by atoms with van der Waals surface area (Å²) in [5.41, 5.74) is 0.733.